The highest BCUT2D eigenvalue weighted by molar-refractivity contribution is 9.10. The van der Waals surface area contributed by atoms with Crippen molar-refractivity contribution in [3.63, 3.8) is 0 Å². The molecule has 0 atom stereocenters. The van der Waals surface area contributed by atoms with Gasteiger partial charge in [-0.3, -0.25) is 4.57 Å². The number of nitrogens with two attached hydrogens (primary N) is 1. The first kappa shape index (κ1) is 13.1. The molecule has 5 nitrogen and oxygen atoms in total. The van der Waals surface area contributed by atoms with Gasteiger partial charge in [-0.2, -0.15) is 5.26 Å². The zero-order valence-electron chi connectivity index (χ0n) is 10.0. The third-order valence-corrected chi connectivity index (χ3v) is 3.74. The highest BCUT2D eigenvalue weighted by Gasteiger charge is 2.15. The first-order chi connectivity index (χ1) is 9.60. The van der Waals surface area contributed by atoms with Crippen molar-refractivity contribution in [3.05, 3.63) is 45.0 Å². The summed E-state index contributed by atoms with van der Waals surface area (Å²) in [7, 11) is 0. The Morgan fingerprint density at radius 3 is 2.75 bits per heavy atom. The van der Waals surface area contributed by atoms with E-state index in [1.165, 1.54) is 0 Å². The highest BCUT2D eigenvalue weighted by atomic mass is 79.9. The van der Waals surface area contributed by atoms with E-state index in [2.05, 4.69) is 47.9 Å². The van der Waals surface area contributed by atoms with Crippen molar-refractivity contribution in [3.8, 4) is 11.8 Å². The second-order valence-electron chi connectivity index (χ2n) is 4.07. The van der Waals surface area contributed by atoms with Crippen LogP contribution in [0.1, 0.15) is 5.56 Å². The Morgan fingerprint density at radius 1 is 1.20 bits per heavy atom. The van der Waals surface area contributed by atoms with Gasteiger partial charge in [0.25, 0.3) is 0 Å². The van der Waals surface area contributed by atoms with Gasteiger partial charge in [0, 0.05) is 15.1 Å². The van der Waals surface area contributed by atoms with Gasteiger partial charge in [0.2, 0.25) is 5.95 Å². The molecule has 0 fully saturated rings. The molecule has 0 amide bonds. The van der Waals surface area contributed by atoms with Crippen molar-refractivity contribution in [1.29, 1.82) is 5.26 Å². The summed E-state index contributed by atoms with van der Waals surface area (Å²) in [6, 6.07) is 9.34. The Kier molecular flexibility index (Phi) is 3.20. The number of halogens is 2. The monoisotopic (exact) mass is 391 g/mol. The lowest BCUT2D eigenvalue weighted by Crippen LogP contribution is -2.03. The maximum absolute atomic E-state index is 9.25. The molecule has 98 valence electrons. The van der Waals surface area contributed by atoms with E-state index >= 15 is 0 Å². The van der Waals surface area contributed by atoms with Gasteiger partial charge >= 0.3 is 0 Å². The van der Waals surface area contributed by atoms with Crippen molar-refractivity contribution in [2.24, 2.45) is 0 Å². The van der Waals surface area contributed by atoms with Crippen LogP contribution in [0.25, 0.3) is 16.9 Å². The van der Waals surface area contributed by atoms with Gasteiger partial charge in [0.1, 0.15) is 11.6 Å². The standard InChI is InChI=1S/C13H7Br2N5/c14-8-2-1-7(5-16)11(4-8)20-12-10(19-13(20)17)3-9(15)6-18-12/h1-4,6H,(H2,17,19). The molecule has 3 rings (SSSR count). The van der Waals surface area contributed by atoms with E-state index < -0.39 is 0 Å². The summed E-state index contributed by atoms with van der Waals surface area (Å²) >= 11 is 6.75. The normalized spacial score (nSPS) is 10.7. The summed E-state index contributed by atoms with van der Waals surface area (Å²) in [5, 5.41) is 9.25. The summed E-state index contributed by atoms with van der Waals surface area (Å²) < 4.78 is 3.35. The Bertz CT molecular complexity index is 863. The zero-order chi connectivity index (χ0) is 14.3. The molecule has 2 aromatic heterocycles. The first-order valence-corrected chi connectivity index (χ1v) is 7.18. The molecule has 0 saturated carbocycles. The SMILES string of the molecule is N#Cc1ccc(Br)cc1-n1c(N)nc2cc(Br)cnc21. The molecule has 0 aliphatic heterocycles. The first-order valence-electron chi connectivity index (χ1n) is 5.59. The van der Waals surface area contributed by atoms with E-state index in [-0.39, 0.29) is 0 Å². The van der Waals surface area contributed by atoms with Crippen LogP contribution >= 0.6 is 31.9 Å². The number of fused-ring (bicyclic) bond motifs is 1. The predicted octanol–water partition coefficient (Wildman–Crippen LogP) is 3.40. The number of aromatic nitrogens is 3. The highest BCUT2D eigenvalue weighted by Crippen LogP contribution is 2.27. The Balaban J connectivity index is 2.38. The van der Waals surface area contributed by atoms with E-state index in [0.717, 1.165) is 8.95 Å². The Hall–Kier alpha value is -1.91. The van der Waals surface area contributed by atoms with Gasteiger partial charge in [-0.05, 0) is 40.2 Å². The lowest BCUT2D eigenvalue weighted by Gasteiger charge is -2.08. The molecular weight excluding hydrogens is 386 g/mol. The molecule has 0 bridgehead atoms. The molecule has 3 aromatic rings. The molecule has 1 aromatic carbocycles. The maximum atomic E-state index is 9.25. The van der Waals surface area contributed by atoms with Crippen LogP contribution in [0.4, 0.5) is 5.95 Å². The number of benzene rings is 1. The molecule has 0 spiro atoms. The van der Waals surface area contributed by atoms with Crippen molar-refractivity contribution in [2.75, 3.05) is 5.73 Å². The summed E-state index contributed by atoms with van der Waals surface area (Å²) in [6.07, 6.45) is 1.67. The summed E-state index contributed by atoms with van der Waals surface area (Å²) in [6.45, 7) is 0. The molecule has 20 heavy (non-hydrogen) atoms. The number of anilines is 1. The molecule has 0 aliphatic rings. The number of pyridine rings is 1. The van der Waals surface area contributed by atoms with Crippen molar-refractivity contribution < 1.29 is 0 Å². The second-order valence-corrected chi connectivity index (χ2v) is 5.91. The summed E-state index contributed by atoms with van der Waals surface area (Å²) in [4.78, 5) is 8.61. The fraction of sp³-hybridized carbons (Fsp3) is 0. The number of nitrogens with zero attached hydrogens (tertiary/aromatic N) is 4. The van der Waals surface area contributed by atoms with Crippen LogP contribution in [-0.4, -0.2) is 14.5 Å². The van der Waals surface area contributed by atoms with Crippen molar-refractivity contribution in [2.45, 2.75) is 0 Å². The van der Waals surface area contributed by atoms with Gasteiger partial charge in [-0.25, -0.2) is 9.97 Å². The van der Waals surface area contributed by atoms with Gasteiger partial charge < -0.3 is 5.73 Å². The van der Waals surface area contributed by atoms with Crippen LogP contribution in [0.2, 0.25) is 0 Å². The molecule has 2 heterocycles. The van der Waals surface area contributed by atoms with Gasteiger partial charge in [0.15, 0.2) is 5.65 Å². The quantitative estimate of drug-likeness (QED) is 0.688. The average Bonchev–Trinajstić information content (AvgIpc) is 2.73. The van der Waals surface area contributed by atoms with Crippen LogP contribution in [0.5, 0.6) is 0 Å². The average molecular weight is 393 g/mol. The molecule has 2 N–H and O–H groups in total. The van der Waals surface area contributed by atoms with Crippen LogP contribution in [0.15, 0.2) is 39.4 Å². The van der Waals surface area contributed by atoms with Crippen LogP contribution in [0.3, 0.4) is 0 Å². The lowest BCUT2D eigenvalue weighted by atomic mass is 10.2. The molecule has 0 radical (unpaired) electrons. The third-order valence-electron chi connectivity index (χ3n) is 2.81. The minimum Gasteiger partial charge on any atom is -0.369 e. The van der Waals surface area contributed by atoms with Crippen LogP contribution < -0.4 is 5.73 Å². The molecular formula is C13H7Br2N5. The predicted molar refractivity (Wildman–Crippen MR) is 83.4 cm³/mol. The Labute approximate surface area is 131 Å². The Morgan fingerprint density at radius 2 is 2.00 bits per heavy atom. The molecule has 0 saturated heterocycles. The van der Waals surface area contributed by atoms with Gasteiger partial charge in [0.05, 0.1) is 11.3 Å². The minimum absolute atomic E-state index is 0.292. The zero-order valence-corrected chi connectivity index (χ0v) is 13.2. The summed E-state index contributed by atoms with van der Waals surface area (Å²) in [5.41, 5.74) is 8.41. The number of nitriles is 1. The molecule has 7 heteroatoms. The van der Waals surface area contributed by atoms with Crippen LogP contribution in [-0.2, 0) is 0 Å². The number of nitrogen functional groups attached to an aromatic ring is 1. The van der Waals surface area contributed by atoms with E-state index in [0.29, 0.717) is 28.4 Å². The number of imidazole rings is 1. The third kappa shape index (κ3) is 2.07. The van der Waals surface area contributed by atoms with E-state index in [9.17, 15) is 5.26 Å². The topological polar surface area (TPSA) is 80.5 Å². The van der Waals surface area contributed by atoms with E-state index in [1.54, 1.807) is 22.9 Å². The summed E-state index contributed by atoms with van der Waals surface area (Å²) in [5.74, 6) is 0.292. The van der Waals surface area contributed by atoms with E-state index in [4.69, 9.17) is 5.73 Å². The van der Waals surface area contributed by atoms with Crippen molar-refractivity contribution in [1.82, 2.24) is 14.5 Å². The van der Waals surface area contributed by atoms with Crippen molar-refractivity contribution >= 4 is 49.0 Å². The van der Waals surface area contributed by atoms with Gasteiger partial charge in [-0.1, -0.05) is 15.9 Å². The van der Waals surface area contributed by atoms with E-state index in [1.807, 2.05) is 12.1 Å². The second kappa shape index (κ2) is 4.89. The largest absolute Gasteiger partial charge is 0.369 e. The fourth-order valence-electron chi connectivity index (χ4n) is 1.98. The maximum Gasteiger partial charge on any atom is 0.207 e. The van der Waals surface area contributed by atoms with Crippen LogP contribution in [0, 0.1) is 11.3 Å². The molecule has 0 aliphatic carbocycles. The molecule has 0 unspecified atom stereocenters. The number of hydrogen-bond acceptors (Lipinski definition) is 4. The van der Waals surface area contributed by atoms with Gasteiger partial charge in [-0.15, -0.1) is 0 Å². The minimum atomic E-state index is 0.292. The number of rotatable bonds is 1. The number of hydrogen-bond donors (Lipinski definition) is 1. The smallest absolute Gasteiger partial charge is 0.207 e. The lowest BCUT2D eigenvalue weighted by molar-refractivity contribution is 1.07. The fourth-order valence-corrected chi connectivity index (χ4v) is 2.65.